The predicted octanol–water partition coefficient (Wildman–Crippen LogP) is 2.01. The third kappa shape index (κ3) is 4.42. The van der Waals surface area contributed by atoms with E-state index < -0.39 is 12.0 Å². The smallest absolute Gasteiger partial charge is 0.331 e. The van der Waals surface area contributed by atoms with Gasteiger partial charge in [-0.1, -0.05) is 11.6 Å². The van der Waals surface area contributed by atoms with Crippen molar-refractivity contribution in [3.05, 3.63) is 28.3 Å². The van der Waals surface area contributed by atoms with Gasteiger partial charge in [0.05, 0.1) is 7.11 Å². The molecule has 0 bridgehead atoms. The van der Waals surface area contributed by atoms with E-state index in [1.807, 2.05) is 13.8 Å². The second-order valence-corrected chi connectivity index (χ2v) is 4.84. The van der Waals surface area contributed by atoms with Crippen LogP contribution in [-0.4, -0.2) is 31.6 Å². The number of aryl methyl sites for hydroxylation is 2. The van der Waals surface area contributed by atoms with Gasteiger partial charge in [0.1, 0.15) is 12.4 Å². The fourth-order valence-electron chi connectivity index (χ4n) is 1.73. The summed E-state index contributed by atoms with van der Waals surface area (Å²) in [4.78, 5) is 22.6. The molecule has 0 saturated carbocycles. The van der Waals surface area contributed by atoms with Crippen LogP contribution >= 0.6 is 11.6 Å². The molecule has 0 aliphatic rings. The van der Waals surface area contributed by atoms with E-state index in [2.05, 4.69) is 10.1 Å². The molecule has 0 aliphatic carbocycles. The standard InChI is InChI=1S/C14H18ClNO4/c1-8-5-11(6-9(2)13(8)15)20-7-12(14(18)19-4)16-10(3)17/h5-6,12H,7H2,1-4H3,(H,16,17). The first-order valence-corrected chi connectivity index (χ1v) is 6.47. The predicted molar refractivity (Wildman–Crippen MR) is 76.0 cm³/mol. The molecule has 0 aromatic heterocycles. The quantitative estimate of drug-likeness (QED) is 0.845. The summed E-state index contributed by atoms with van der Waals surface area (Å²) in [5.74, 6) is -0.293. The van der Waals surface area contributed by atoms with E-state index in [-0.39, 0.29) is 12.5 Å². The molecule has 0 fully saturated rings. The maximum atomic E-state index is 11.5. The first-order chi connectivity index (χ1) is 9.35. The van der Waals surface area contributed by atoms with Gasteiger partial charge in [-0.15, -0.1) is 0 Å². The lowest BCUT2D eigenvalue weighted by Gasteiger charge is -2.17. The molecule has 0 radical (unpaired) electrons. The maximum absolute atomic E-state index is 11.5. The molecule has 0 aliphatic heterocycles. The zero-order chi connectivity index (χ0) is 15.3. The van der Waals surface area contributed by atoms with Crippen molar-refractivity contribution in [2.45, 2.75) is 26.8 Å². The minimum Gasteiger partial charge on any atom is -0.491 e. The Bertz CT molecular complexity index is 493. The third-order valence-electron chi connectivity index (χ3n) is 2.69. The Balaban J connectivity index is 2.77. The van der Waals surface area contributed by atoms with Crippen molar-refractivity contribution >= 4 is 23.5 Å². The minimum absolute atomic E-state index is 0.00718. The van der Waals surface area contributed by atoms with Gasteiger partial charge in [0.2, 0.25) is 5.91 Å². The topological polar surface area (TPSA) is 64.6 Å². The largest absolute Gasteiger partial charge is 0.491 e. The lowest BCUT2D eigenvalue weighted by molar-refractivity contribution is -0.145. The molecule has 0 spiro atoms. The van der Waals surface area contributed by atoms with Gasteiger partial charge >= 0.3 is 5.97 Å². The minimum atomic E-state index is -0.839. The molecule has 0 saturated heterocycles. The van der Waals surface area contributed by atoms with E-state index in [9.17, 15) is 9.59 Å². The number of esters is 1. The number of ether oxygens (including phenoxy) is 2. The van der Waals surface area contributed by atoms with Crippen LogP contribution in [0.15, 0.2) is 12.1 Å². The van der Waals surface area contributed by atoms with Crippen LogP contribution in [0.25, 0.3) is 0 Å². The van der Waals surface area contributed by atoms with Crippen LogP contribution in [0.4, 0.5) is 0 Å². The molecular formula is C14H18ClNO4. The van der Waals surface area contributed by atoms with E-state index in [1.54, 1.807) is 12.1 Å². The number of benzene rings is 1. The van der Waals surface area contributed by atoms with Crippen molar-refractivity contribution in [2.24, 2.45) is 0 Å². The summed E-state index contributed by atoms with van der Waals surface area (Å²) >= 11 is 6.07. The summed E-state index contributed by atoms with van der Waals surface area (Å²) < 4.78 is 10.1. The number of nitrogens with one attached hydrogen (secondary N) is 1. The second-order valence-electron chi connectivity index (χ2n) is 4.46. The van der Waals surface area contributed by atoms with Gasteiger partial charge < -0.3 is 14.8 Å². The third-order valence-corrected chi connectivity index (χ3v) is 3.29. The SMILES string of the molecule is COC(=O)C(COc1cc(C)c(Cl)c(C)c1)NC(C)=O. The summed E-state index contributed by atoms with van der Waals surface area (Å²) in [6.45, 7) is 5.06. The van der Waals surface area contributed by atoms with Crippen LogP contribution in [0.3, 0.4) is 0 Å². The van der Waals surface area contributed by atoms with Crippen molar-refractivity contribution in [1.29, 1.82) is 0 Å². The van der Waals surface area contributed by atoms with Gasteiger partial charge in [-0.05, 0) is 37.1 Å². The maximum Gasteiger partial charge on any atom is 0.331 e. The Morgan fingerprint density at radius 3 is 2.30 bits per heavy atom. The molecule has 0 heterocycles. The van der Waals surface area contributed by atoms with Crippen molar-refractivity contribution in [3.63, 3.8) is 0 Å². The van der Waals surface area contributed by atoms with Crippen LogP contribution in [0, 0.1) is 13.8 Å². The van der Waals surface area contributed by atoms with Gasteiger partial charge in [-0.3, -0.25) is 4.79 Å². The summed E-state index contributed by atoms with van der Waals surface area (Å²) in [7, 11) is 1.26. The fraction of sp³-hybridized carbons (Fsp3) is 0.429. The monoisotopic (exact) mass is 299 g/mol. The fourth-order valence-corrected chi connectivity index (χ4v) is 1.83. The average molecular weight is 300 g/mol. The lowest BCUT2D eigenvalue weighted by Crippen LogP contribution is -2.44. The zero-order valence-corrected chi connectivity index (χ0v) is 12.7. The van der Waals surface area contributed by atoms with Crippen LogP contribution in [-0.2, 0) is 14.3 Å². The highest BCUT2D eigenvalue weighted by molar-refractivity contribution is 6.32. The van der Waals surface area contributed by atoms with Crippen molar-refractivity contribution < 1.29 is 19.1 Å². The highest BCUT2D eigenvalue weighted by Crippen LogP contribution is 2.25. The van der Waals surface area contributed by atoms with Crippen molar-refractivity contribution in [3.8, 4) is 5.75 Å². The Labute approximate surface area is 123 Å². The van der Waals surface area contributed by atoms with Crippen molar-refractivity contribution in [1.82, 2.24) is 5.32 Å². The number of methoxy groups -OCH3 is 1. The first kappa shape index (κ1) is 16.3. The lowest BCUT2D eigenvalue weighted by atomic mass is 10.1. The Kier molecular flexibility index (Phi) is 5.82. The molecule has 1 atom stereocenters. The molecule has 1 aromatic carbocycles. The highest BCUT2D eigenvalue weighted by atomic mass is 35.5. The van der Waals surface area contributed by atoms with Gasteiger partial charge in [-0.25, -0.2) is 4.79 Å². The normalized spacial score (nSPS) is 11.7. The van der Waals surface area contributed by atoms with Crippen LogP contribution < -0.4 is 10.1 Å². The van der Waals surface area contributed by atoms with Gasteiger partial charge in [0.15, 0.2) is 6.04 Å². The summed E-state index contributed by atoms with van der Waals surface area (Å²) in [5.41, 5.74) is 1.77. The summed E-state index contributed by atoms with van der Waals surface area (Å²) in [6, 6.07) is 2.71. The van der Waals surface area contributed by atoms with E-state index in [0.717, 1.165) is 11.1 Å². The zero-order valence-electron chi connectivity index (χ0n) is 12.0. The molecule has 1 rings (SSSR count). The molecule has 6 heteroatoms. The van der Waals surface area contributed by atoms with Crippen LogP contribution in [0.2, 0.25) is 5.02 Å². The Morgan fingerprint density at radius 2 is 1.85 bits per heavy atom. The molecule has 110 valence electrons. The molecule has 1 amide bonds. The molecule has 1 N–H and O–H groups in total. The number of amides is 1. The van der Waals surface area contributed by atoms with Crippen LogP contribution in [0.1, 0.15) is 18.1 Å². The molecular weight excluding hydrogens is 282 g/mol. The van der Waals surface area contributed by atoms with Crippen LogP contribution in [0.5, 0.6) is 5.75 Å². The van der Waals surface area contributed by atoms with Gasteiger partial charge in [-0.2, -0.15) is 0 Å². The molecule has 1 unspecified atom stereocenters. The van der Waals surface area contributed by atoms with E-state index in [1.165, 1.54) is 14.0 Å². The number of rotatable bonds is 5. The van der Waals surface area contributed by atoms with E-state index in [0.29, 0.717) is 10.8 Å². The van der Waals surface area contributed by atoms with E-state index >= 15 is 0 Å². The summed E-state index contributed by atoms with van der Waals surface area (Å²) in [5, 5.41) is 3.16. The first-order valence-electron chi connectivity index (χ1n) is 6.09. The average Bonchev–Trinajstić information content (AvgIpc) is 2.39. The van der Waals surface area contributed by atoms with Gasteiger partial charge in [0, 0.05) is 11.9 Å². The highest BCUT2D eigenvalue weighted by Gasteiger charge is 2.21. The molecule has 5 nitrogen and oxygen atoms in total. The number of hydrogen-bond acceptors (Lipinski definition) is 4. The number of halogens is 1. The van der Waals surface area contributed by atoms with Crippen molar-refractivity contribution in [2.75, 3.05) is 13.7 Å². The number of hydrogen-bond donors (Lipinski definition) is 1. The van der Waals surface area contributed by atoms with E-state index in [4.69, 9.17) is 16.3 Å². The Hall–Kier alpha value is -1.75. The Morgan fingerprint density at radius 1 is 1.30 bits per heavy atom. The number of carbonyl (C=O) groups is 2. The molecule has 1 aromatic rings. The summed E-state index contributed by atoms with van der Waals surface area (Å²) in [6.07, 6.45) is 0. The molecule has 20 heavy (non-hydrogen) atoms. The van der Waals surface area contributed by atoms with Gasteiger partial charge in [0.25, 0.3) is 0 Å². The second kappa shape index (κ2) is 7.14. The number of carbonyl (C=O) groups excluding carboxylic acids is 2.